The van der Waals surface area contributed by atoms with E-state index in [1.54, 1.807) is 13.2 Å². The van der Waals surface area contributed by atoms with Crippen molar-refractivity contribution in [2.45, 2.75) is 26.7 Å². The number of nitrogens with zero attached hydrogens (tertiary/aromatic N) is 1. The number of hydrogen-bond acceptors (Lipinski definition) is 7. The van der Waals surface area contributed by atoms with Gasteiger partial charge in [-0.15, -0.1) is 0 Å². The van der Waals surface area contributed by atoms with Crippen molar-refractivity contribution in [1.29, 1.82) is 0 Å². The Hall–Kier alpha value is -2.44. The molecule has 0 amide bonds. The van der Waals surface area contributed by atoms with Crippen molar-refractivity contribution in [3.63, 3.8) is 0 Å². The molecule has 7 nitrogen and oxygen atoms in total. The second-order valence-corrected chi connectivity index (χ2v) is 6.48. The van der Waals surface area contributed by atoms with Gasteiger partial charge in [0, 0.05) is 44.1 Å². The van der Waals surface area contributed by atoms with Crippen LogP contribution in [-0.2, 0) is 19.1 Å². The number of ether oxygens (including phenoxy) is 3. The third-order valence-electron chi connectivity index (χ3n) is 4.53. The minimum atomic E-state index is -0.352. The molecule has 1 aromatic carbocycles. The lowest BCUT2D eigenvalue weighted by atomic mass is 9.79. The van der Waals surface area contributed by atoms with E-state index in [1.165, 1.54) is 13.8 Å². The van der Waals surface area contributed by atoms with Gasteiger partial charge in [-0.05, 0) is 25.0 Å². The number of methoxy groups -OCH3 is 1. The molecule has 1 saturated heterocycles. The highest BCUT2D eigenvalue weighted by molar-refractivity contribution is 5.67. The van der Waals surface area contributed by atoms with Crippen LogP contribution in [0.15, 0.2) is 18.2 Å². The Morgan fingerprint density at radius 1 is 1.12 bits per heavy atom. The van der Waals surface area contributed by atoms with Crippen LogP contribution in [0.2, 0.25) is 0 Å². The van der Waals surface area contributed by atoms with Crippen LogP contribution < -0.4 is 15.4 Å². The first-order valence-electron chi connectivity index (χ1n) is 8.30. The maximum absolute atomic E-state index is 11.2. The van der Waals surface area contributed by atoms with Crippen LogP contribution in [0.4, 0.5) is 11.4 Å². The average Bonchev–Trinajstić information content (AvgIpc) is 2.59. The molecule has 0 saturated carbocycles. The van der Waals surface area contributed by atoms with E-state index < -0.39 is 0 Å². The fraction of sp³-hybridized carbons (Fsp3) is 0.556. The standard InChI is InChI=1S/C18H26N2O5/c1-13(21)24-11-18(12-25-14(2)22)6-8-20(9-7-18)16-5-4-15(19)10-17(16)23-3/h4-5,10H,6-9,11-12,19H2,1-3H3. The number of nitrogen functional groups attached to an aromatic ring is 1. The Morgan fingerprint density at radius 3 is 2.16 bits per heavy atom. The van der Waals surface area contributed by atoms with Crippen molar-refractivity contribution in [2.24, 2.45) is 5.41 Å². The average molecular weight is 350 g/mol. The van der Waals surface area contributed by atoms with Crippen molar-refractivity contribution in [1.82, 2.24) is 0 Å². The van der Waals surface area contributed by atoms with Gasteiger partial charge in [-0.1, -0.05) is 0 Å². The van der Waals surface area contributed by atoms with Gasteiger partial charge in [-0.3, -0.25) is 9.59 Å². The maximum Gasteiger partial charge on any atom is 0.302 e. The highest BCUT2D eigenvalue weighted by Gasteiger charge is 2.37. The predicted octanol–water partition coefficient (Wildman–Crippen LogP) is 1.99. The number of carbonyl (C=O) groups excluding carboxylic acids is 2. The number of rotatable bonds is 6. The summed E-state index contributed by atoms with van der Waals surface area (Å²) in [5.41, 5.74) is 7.09. The smallest absolute Gasteiger partial charge is 0.302 e. The van der Waals surface area contributed by atoms with Gasteiger partial charge in [0.25, 0.3) is 0 Å². The van der Waals surface area contributed by atoms with Crippen molar-refractivity contribution in [3.8, 4) is 5.75 Å². The molecular weight excluding hydrogens is 324 g/mol. The molecule has 2 N–H and O–H groups in total. The van der Waals surface area contributed by atoms with E-state index in [0.717, 1.165) is 37.4 Å². The normalized spacial score (nSPS) is 16.2. The zero-order chi connectivity index (χ0) is 18.4. The fourth-order valence-corrected chi connectivity index (χ4v) is 3.02. The Balaban J connectivity index is 2.09. The predicted molar refractivity (Wildman–Crippen MR) is 94.6 cm³/mol. The number of nitrogens with two attached hydrogens (primary N) is 1. The minimum absolute atomic E-state index is 0.252. The molecular formula is C18H26N2O5. The van der Waals surface area contributed by atoms with Gasteiger partial charge in [0.15, 0.2) is 0 Å². The minimum Gasteiger partial charge on any atom is -0.495 e. The zero-order valence-electron chi connectivity index (χ0n) is 15.0. The van der Waals surface area contributed by atoms with Crippen LogP contribution >= 0.6 is 0 Å². The van der Waals surface area contributed by atoms with Crippen LogP contribution in [0.3, 0.4) is 0 Å². The van der Waals surface area contributed by atoms with Gasteiger partial charge in [0.2, 0.25) is 0 Å². The fourth-order valence-electron chi connectivity index (χ4n) is 3.02. The second kappa shape index (κ2) is 8.09. The van der Waals surface area contributed by atoms with E-state index in [4.69, 9.17) is 19.9 Å². The van der Waals surface area contributed by atoms with Crippen molar-refractivity contribution in [3.05, 3.63) is 18.2 Å². The molecule has 1 heterocycles. The highest BCUT2D eigenvalue weighted by atomic mass is 16.5. The summed E-state index contributed by atoms with van der Waals surface area (Å²) in [6.07, 6.45) is 1.47. The maximum atomic E-state index is 11.2. The third kappa shape index (κ3) is 5.01. The summed E-state index contributed by atoms with van der Waals surface area (Å²) in [4.78, 5) is 24.6. The summed E-state index contributed by atoms with van der Waals surface area (Å²) in [6, 6.07) is 5.59. The monoisotopic (exact) mass is 350 g/mol. The topological polar surface area (TPSA) is 91.1 Å². The van der Waals surface area contributed by atoms with Crippen LogP contribution in [-0.4, -0.2) is 45.4 Å². The Bertz CT molecular complexity index is 604. The van der Waals surface area contributed by atoms with E-state index in [-0.39, 0.29) is 30.6 Å². The second-order valence-electron chi connectivity index (χ2n) is 6.48. The van der Waals surface area contributed by atoms with E-state index >= 15 is 0 Å². The number of carbonyl (C=O) groups is 2. The molecule has 138 valence electrons. The van der Waals surface area contributed by atoms with E-state index in [1.807, 2.05) is 12.1 Å². The molecule has 1 fully saturated rings. The molecule has 0 radical (unpaired) electrons. The van der Waals surface area contributed by atoms with E-state index in [0.29, 0.717) is 5.69 Å². The lowest BCUT2D eigenvalue weighted by Crippen LogP contribution is -2.45. The van der Waals surface area contributed by atoms with Gasteiger partial charge in [-0.2, -0.15) is 0 Å². The van der Waals surface area contributed by atoms with Crippen molar-refractivity contribution in [2.75, 3.05) is 44.0 Å². The molecule has 0 spiro atoms. The molecule has 0 bridgehead atoms. The molecule has 0 atom stereocenters. The molecule has 1 aliphatic rings. The first kappa shape index (κ1) is 18.9. The number of anilines is 2. The van der Waals surface area contributed by atoms with Crippen LogP contribution in [0.25, 0.3) is 0 Å². The van der Waals surface area contributed by atoms with Gasteiger partial charge >= 0.3 is 11.9 Å². The molecule has 2 rings (SSSR count). The van der Waals surface area contributed by atoms with Gasteiger partial charge in [0.1, 0.15) is 19.0 Å². The number of benzene rings is 1. The lowest BCUT2D eigenvalue weighted by Gasteiger charge is -2.41. The number of piperidine rings is 1. The zero-order valence-corrected chi connectivity index (χ0v) is 15.0. The molecule has 25 heavy (non-hydrogen) atoms. The van der Waals surface area contributed by atoms with Gasteiger partial charge in [-0.25, -0.2) is 0 Å². The molecule has 1 aromatic rings. The first-order chi connectivity index (χ1) is 11.8. The van der Waals surface area contributed by atoms with Crippen LogP contribution in [0, 0.1) is 5.41 Å². The van der Waals surface area contributed by atoms with Gasteiger partial charge in [0.05, 0.1) is 12.8 Å². The molecule has 0 aromatic heterocycles. The van der Waals surface area contributed by atoms with E-state index in [9.17, 15) is 9.59 Å². The summed E-state index contributed by atoms with van der Waals surface area (Å²) in [7, 11) is 1.62. The van der Waals surface area contributed by atoms with Crippen LogP contribution in [0.5, 0.6) is 5.75 Å². The summed E-state index contributed by atoms with van der Waals surface area (Å²) < 4.78 is 15.9. The number of esters is 2. The largest absolute Gasteiger partial charge is 0.495 e. The Kier molecular flexibility index (Phi) is 6.12. The Labute approximate surface area is 148 Å². The third-order valence-corrected chi connectivity index (χ3v) is 4.53. The first-order valence-corrected chi connectivity index (χ1v) is 8.30. The lowest BCUT2D eigenvalue weighted by molar-refractivity contribution is -0.152. The van der Waals surface area contributed by atoms with Crippen molar-refractivity contribution >= 4 is 23.3 Å². The summed E-state index contributed by atoms with van der Waals surface area (Å²) in [5.74, 6) is 0.0714. The van der Waals surface area contributed by atoms with E-state index in [2.05, 4.69) is 4.90 Å². The molecule has 0 aliphatic carbocycles. The van der Waals surface area contributed by atoms with Crippen LogP contribution in [0.1, 0.15) is 26.7 Å². The summed E-state index contributed by atoms with van der Waals surface area (Å²) >= 11 is 0. The SMILES string of the molecule is COc1cc(N)ccc1N1CCC(COC(C)=O)(COC(C)=O)CC1. The number of hydrogen-bond donors (Lipinski definition) is 1. The van der Waals surface area contributed by atoms with Gasteiger partial charge < -0.3 is 24.8 Å². The molecule has 0 unspecified atom stereocenters. The molecule has 1 aliphatic heterocycles. The highest BCUT2D eigenvalue weighted by Crippen LogP contribution is 2.38. The Morgan fingerprint density at radius 2 is 1.68 bits per heavy atom. The van der Waals surface area contributed by atoms with Crippen molar-refractivity contribution < 1.29 is 23.8 Å². The quantitative estimate of drug-likeness (QED) is 0.619. The summed E-state index contributed by atoms with van der Waals surface area (Å²) in [5, 5.41) is 0. The summed E-state index contributed by atoms with van der Waals surface area (Å²) in [6.45, 7) is 4.75. The molecule has 7 heteroatoms.